The van der Waals surface area contributed by atoms with Gasteiger partial charge in [-0.05, 0) is 24.1 Å². The fourth-order valence-corrected chi connectivity index (χ4v) is 3.65. The average molecular weight is 394 g/mol. The number of carbonyl (C=O) groups excluding carboxylic acids is 1. The van der Waals surface area contributed by atoms with Crippen molar-refractivity contribution in [2.24, 2.45) is 5.41 Å². The summed E-state index contributed by atoms with van der Waals surface area (Å²) in [6, 6.07) is 12.8. The Bertz CT molecular complexity index is 1010. The van der Waals surface area contributed by atoms with Gasteiger partial charge in [0.05, 0.1) is 11.6 Å². The van der Waals surface area contributed by atoms with Gasteiger partial charge in [-0.25, -0.2) is 13.8 Å². The van der Waals surface area contributed by atoms with Gasteiger partial charge in [0.25, 0.3) is 0 Å². The number of amides is 1. The third-order valence-corrected chi connectivity index (χ3v) is 5.23. The molecule has 29 heavy (non-hydrogen) atoms. The highest BCUT2D eigenvalue weighted by Gasteiger charge is 2.50. The van der Waals surface area contributed by atoms with Crippen molar-refractivity contribution in [3.8, 4) is 0 Å². The Hall–Kier alpha value is -3.35. The highest BCUT2D eigenvalue weighted by Crippen LogP contribution is 2.37. The van der Waals surface area contributed by atoms with E-state index >= 15 is 0 Å². The Balaban J connectivity index is 1.53. The standard InChI is InChI=1S/C22H20F2N4O/c23-18-7-3-1-5-16(18)11-22(14-28(15-22)20-13-25-9-10-26-20)21(29)27-12-17-6-2-4-8-19(17)24/h1-10,13H,11-12,14-15H2,(H,27,29). The van der Waals surface area contributed by atoms with E-state index in [0.717, 1.165) is 0 Å². The molecule has 3 aromatic rings. The predicted molar refractivity (Wildman–Crippen MR) is 105 cm³/mol. The summed E-state index contributed by atoms with van der Waals surface area (Å²) >= 11 is 0. The minimum atomic E-state index is -0.828. The van der Waals surface area contributed by atoms with Gasteiger partial charge in [0.2, 0.25) is 5.91 Å². The van der Waals surface area contributed by atoms with Gasteiger partial charge in [0.1, 0.15) is 17.5 Å². The molecule has 1 aromatic heterocycles. The summed E-state index contributed by atoms with van der Waals surface area (Å²) in [6.45, 7) is 0.835. The largest absolute Gasteiger partial charge is 0.353 e. The fraction of sp³-hybridized carbons (Fsp3) is 0.227. The van der Waals surface area contributed by atoms with Crippen LogP contribution in [0.25, 0.3) is 0 Å². The molecular weight excluding hydrogens is 374 g/mol. The molecule has 0 saturated carbocycles. The third kappa shape index (κ3) is 3.94. The van der Waals surface area contributed by atoms with E-state index in [1.807, 2.05) is 4.90 Å². The molecule has 1 fully saturated rings. The second-order valence-electron chi connectivity index (χ2n) is 7.24. The van der Waals surface area contributed by atoms with E-state index in [1.54, 1.807) is 55.0 Å². The van der Waals surface area contributed by atoms with Crippen LogP contribution in [0.3, 0.4) is 0 Å². The second kappa shape index (κ2) is 7.95. The van der Waals surface area contributed by atoms with Gasteiger partial charge in [0.15, 0.2) is 0 Å². The quantitative estimate of drug-likeness (QED) is 0.698. The van der Waals surface area contributed by atoms with Crippen LogP contribution >= 0.6 is 0 Å². The first-order chi connectivity index (χ1) is 14.1. The summed E-state index contributed by atoms with van der Waals surface area (Å²) in [6.07, 6.45) is 5.05. The van der Waals surface area contributed by atoms with Gasteiger partial charge >= 0.3 is 0 Å². The molecule has 1 N–H and O–H groups in total. The number of rotatable bonds is 6. The van der Waals surface area contributed by atoms with E-state index in [2.05, 4.69) is 15.3 Å². The normalized spacial score (nSPS) is 14.9. The van der Waals surface area contributed by atoms with Crippen molar-refractivity contribution in [2.45, 2.75) is 13.0 Å². The Labute approximate surface area is 167 Å². The first kappa shape index (κ1) is 19.0. The molecule has 2 heterocycles. The minimum Gasteiger partial charge on any atom is -0.353 e. The van der Waals surface area contributed by atoms with E-state index in [0.29, 0.717) is 30.0 Å². The van der Waals surface area contributed by atoms with Crippen molar-refractivity contribution in [2.75, 3.05) is 18.0 Å². The number of carbonyl (C=O) groups is 1. The smallest absolute Gasteiger partial charge is 0.230 e. The van der Waals surface area contributed by atoms with Crippen molar-refractivity contribution in [1.29, 1.82) is 0 Å². The first-order valence-electron chi connectivity index (χ1n) is 9.33. The molecule has 1 aliphatic rings. The van der Waals surface area contributed by atoms with Gasteiger partial charge in [-0.2, -0.15) is 0 Å². The summed E-state index contributed by atoms with van der Waals surface area (Å²) in [4.78, 5) is 23.4. The molecule has 0 radical (unpaired) electrons. The molecule has 148 valence electrons. The summed E-state index contributed by atoms with van der Waals surface area (Å²) in [5.41, 5.74) is 0.0599. The number of halogens is 2. The Morgan fingerprint density at radius 1 is 1.00 bits per heavy atom. The van der Waals surface area contributed by atoms with Crippen LogP contribution in [-0.4, -0.2) is 29.0 Å². The lowest BCUT2D eigenvalue weighted by Gasteiger charge is -2.49. The summed E-state index contributed by atoms with van der Waals surface area (Å²) in [5.74, 6) is -0.278. The van der Waals surface area contributed by atoms with E-state index in [9.17, 15) is 13.6 Å². The zero-order valence-corrected chi connectivity index (χ0v) is 15.7. The van der Waals surface area contributed by atoms with Gasteiger partial charge < -0.3 is 10.2 Å². The van der Waals surface area contributed by atoms with Gasteiger partial charge in [0, 0.05) is 37.6 Å². The molecule has 0 unspecified atom stereocenters. The Morgan fingerprint density at radius 3 is 2.28 bits per heavy atom. The molecule has 1 aliphatic heterocycles. The predicted octanol–water partition coefficient (Wildman–Crippen LogP) is 3.12. The number of benzene rings is 2. The number of nitrogens with one attached hydrogen (secondary N) is 1. The van der Waals surface area contributed by atoms with E-state index < -0.39 is 5.41 Å². The van der Waals surface area contributed by atoms with Crippen LogP contribution in [0.4, 0.5) is 14.6 Å². The van der Waals surface area contributed by atoms with Crippen LogP contribution in [0.15, 0.2) is 67.1 Å². The van der Waals surface area contributed by atoms with Crippen LogP contribution in [0.5, 0.6) is 0 Å². The molecular formula is C22H20F2N4O. The lowest BCUT2D eigenvalue weighted by molar-refractivity contribution is -0.132. The fourth-order valence-electron chi connectivity index (χ4n) is 3.65. The van der Waals surface area contributed by atoms with Gasteiger partial charge in [-0.1, -0.05) is 36.4 Å². The molecule has 7 heteroatoms. The number of hydrogen-bond donors (Lipinski definition) is 1. The maximum absolute atomic E-state index is 14.3. The molecule has 0 bridgehead atoms. The first-order valence-corrected chi connectivity index (χ1v) is 9.33. The SMILES string of the molecule is O=C(NCc1ccccc1F)C1(Cc2ccccc2F)CN(c2cnccn2)C1. The molecule has 1 saturated heterocycles. The molecule has 0 spiro atoms. The third-order valence-electron chi connectivity index (χ3n) is 5.23. The monoisotopic (exact) mass is 394 g/mol. The Kier molecular flexibility index (Phi) is 5.20. The molecule has 0 atom stereocenters. The molecule has 5 nitrogen and oxygen atoms in total. The van der Waals surface area contributed by atoms with Crippen LogP contribution in [0, 0.1) is 17.0 Å². The number of anilines is 1. The van der Waals surface area contributed by atoms with Gasteiger partial charge in [-0.3, -0.25) is 9.78 Å². The molecule has 2 aromatic carbocycles. The zero-order valence-electron chi connectivity index (χ0n) is 15.7. The van der Waals surface area contributed by atoms with Crippen LogP contribution in [0.2, 0.25) is 0 Å². The summed E-state index contributed by atoms with van der Waals surface area (Å²) in [5, 5.41) is 2.83. The molecule has 1 amide bonds. The zero-order chi connectivity index (χ0) is 20.3. The number of hydrogen-bond acceptors (Lipinski definition) is 4. The van der Waals surface area contributed by atoms with Crippen LogP contribution in [0.1, 0.15) is 11.1 Å². The highest BCUT2D eigenvalue weighted by molar-refractivity contribution is 5.86. The van der Waals surface area contributed by atoms with Crippen molar-refractivity contribution >= 4 is 11.7 Å². The summed E-state index contributed by atoms with van der Waals surface area (Å²) in [7, 11) is 0. The van der Waals surface area contributed by atoms with E-state index in [-0.39, 0.29) is 30.5 Å². The molecule has 0 aliphatic carbocycles. The highest BCUT2D eigenvalue weighted by atomic mass is 19.1. The average Bonchev–Trinajstić information content (AvgIpc) is 2.71. The van der Waals surface area contributed by atoms with E-state index in [4.69, 9.17) is 0 Å². The molecule has 4 rings (SSSR count). The topological polar surface area (TPSA) is 58.1 Å². The number of nitrogens with zero attached hydrogens (tertiary/aromatic N) is 3. The number of aromatic nitrogens is 2. The van der Waals surface area contributed by atoms with Crippen molar-refractivity contribution in [1.82, 2.24) is 15.3 Å². The Morgan fingerprint density at radius 2 is 1.66 bits per heavy atom. The maximum Gasteiger partial charge on any atom is 0.230 e. The van der Waals surface area contributed by atoms with Crippen molar-refractivity contribution in [3.63, 3.8) is 0 Å². The summed E-state index contributed by atoms with van der Waals surface area (Å²) < 4.78 is 28.1. The lowest BCUT2D eigenvalue weighted by atomic mass is 9.73. The van der Waals surface area contributed by atoms with Crippen molar-refractivity contribution in [3.05, 3.63) is 89.9 Å². The minimum absolute atomic E-state index is 0.0790. The van der Waals surface area contributed by atoms with E-state index in [1.165, 1.54) is 12.1 Å². The van der Waals surface area contributed by atoms with Crippen molar-refractivity contribution < 1.29 is 13.6 Å². The van der Waals surface area contributed by atoms with Crippen LogP contribution < -0.4 is 10.2 Å². The van der Waals surface area contributed by atoms with Crippen LogP contribution in [-0.2, 0) is 17.8 Å². The maximum atomic E-state index is 14.3. The second-order valence-corrected chi connectivity index (χ2v) is 7.24. The van der Waals surface area contributed by atoms with Gasteiger partial charge in [-0.15, -0.1) is 0 Å². The lowest BCUT2D eigenvalue weighted by Crippen LogP contribution is -2.64.